The summed E-state index contributed by atoms with van der Waals surface area (Å²) in [5.74, 6) is 1.68. The molecule has 0 spiro atoms. The Morgan fingerprint density at radius 3 is 2.17 bits per heavy atom. The first-order valence-corrected chi connectivity index (χ1v) is 11.3. The van der Waals surface area contributed by atoms with Crippen LogP contribution in [0.3, 0.4) is 0 Å². The van der Waals surface area contributed by atoms with Gasteiger partial charge in [0.1, 0.15) is 0 Å². The zero-order chi connectivity index (χ0) is 20.3. The Morgan fingerprint density at radius 2 is 1.55 bits per heavy atom. The topological polar surface area (TPSA) is 9.23 Å². The monoisotopic (exact) mass is 388 g/mol. The first-order valence-electron chi connectivity index (χ1n) is 11.3. The summed E-state index contributed by atoms with van der Waals surface area (Å²) in [6.07, 6.45) is 15.4. The fourth-order valence-electron chi connectivity index (χ4n) is 4.38. The molecule has 0 N–H and O–H groups in total. The van der Waals surface area contributed by atoms with Crippen molar-refractivity contribution in [3.8, 4) is 11.1 Å². The third kappa shape index (κ3) is 6.72. The van der Waals surface area contributed by atoms with Crippen molar-refractivity contribution in [2.24, 2.45) is 5.92 Å². The molecule has 1 heteroatoms. The Morgan fingerprint density at radius 1 is 0.897 bits per heavy atom. The standard InChI is InChI=1S/C28H36O/c1-3-5-7-8-23-9-13-25(14-10-23)27-17-19-28(20-18-27)26-15-11-24(12-16-26)22-29-21-6-4-2/h3-5,11-12,15-20,23,25H,2,6-10,13-14,21-22H2,1H3/b5-3+. The van der Waals surface area contributed by atoms with Crippen LogP contribution in [-0.2, 0) is 11.3 Å². The molecular weight excluding hydrogens is 352 g/mol. The molecular formula is C28H36O. The van der Waals surface area contributed by atoms with E-state index in [-0.39, 0.29) is 0 Å². The Labute approximate surface area is 177 Å². The molecule has 0 bridgehead atoms. The van der Waals surface area contributed by atoms with Crippen molar-refractivity contribution < 1.29 is 4.74 Å². The predicted molar refractivity (Wildman–Crippen MR) is 125 cm³/mol. The lowest BCUT2D eigenvalue weighted by Gasteiger charge is -2.28. The summed E-state index contributed by atoms with van der Waals surface area (Å²) in [5, 5.41) is 0. The summed E-state index contributed by atoms with van der Waals surface area (Å²) in [4.78, 5) is 0. The molecule has 0 atom stereocenters. The number of hydrogen-bond donors (Lipinski definition) is 0. The van der Waals surface area contributed by atoms with Gasteiger partial charge in [-0.15, -0.1) is 6.58 Å². The van der Waals surface area contributed by atoms with Gasteiger partial charge >= 0.3 is 0 Å². The van der Waals surface area contributed by atoms with Gasteiger partial charge in [0, 0.05) is 0 Å². The molecule has 3 rings (SSSR count). The number of benzene rings is 2. The molecule has 2 aromatic rings. The van der Waals surface area contributed by atoms with E-state index in [2.05, 4.69) is 74.2 Å². The van der Waals surface area contributed by atoms with Gasteiger partial charge in [-0.1, -0.05) is 66.8 Å². The van der Waals surface area contributed by atoms with Gasteiger partial charge in [0.15, 0.2) is 0 Å². The molecule has 29 heavy (non-hydrogen) atoms. The minimum atomic E-state index is 0.671. The van der Waals surface area contributed by atoms with Crippen molar-refractivity contribution >= 4 is 0 Å². The minimum Gasteiger partial charge on any atom is -0.376 e. The third-order valence-electron chi connectivity index (χ3n) is 6.23. The van der Waals surface area contributed by atoms with E-state index in [1.54, 1.807) is 0 Å². The highest BCUT2D eigenvalue weighted by Gasteiger charge is 2.21. The normalized spacial score (nSPS) is 19.5. The molecule has 0 aromatic heterocycles. The van der Waals surface area contributed by atoms with Gasteiger partial charge in [0.25, 0.3) is 0 Å². The van der Waals surface area contributed by atoms with Gasteiger partial charge < -0.3 is 4.74 Å². The quantitative estimate of drug-likeness (QED) is 0.295. The largest absolute Gasteiger partial charge is 0.376 e. The van der Waals surface area contributed by atoms with Crippen molar-refractivity contribution in [3.63, 3.8) is 0 Å². The highest BCUT2D eigenvalue weighted by atomic mass is 16.5. The van der Waals surface area contributed by atoms with Gasteiger partial charge in [-0.25, -0.2) is 0 Å². The Bertz CT molecular complexity index is 746. The second-order valence-electron chi connectivity index (χ2n) is 8.31. The predicted octanol–water partition coefficient (Wildman–Crippen LogP) is 8.08. The van der Waals surface area contributed by atoms with Crippen molar-refractivity contribution in [3.05, 3.63) is 84.5 Å². The van der Waals surface area contributed by atoms with Crippen LogP contribution in [0.2, 0.25) is 0 Å². The third-order valence-corrected chi connectivity index (χ3v) is 6.23. The van der Waals surface area contributed by atoms with E-state index in [1.165, 1.54) is 60.8 Å². The summed E-state index contributed by atoms with van der Waals surface area (Å²) in [5.41, 5.74) is 5.32. The number of allylic oxidation sites excluding steroid dienone is 2. The Kier molecular flexibility index (Phi) is 8.77. The number of rotatable bonds is 10. The summed E-state index contributed by atoms with van der Waals surface area (Å²) in [6.45, 7) is 7.25. The van der Waals surface area contributed by atoms with Gasteiger partial charge in [0.05, 0.1) is 13.2 Å². The fourth-order valence-corrected chi connectivity index (χ4v) is 4.38. The van der Waals surface area contributed by atoms with E-state index in [0.717, 1.165) is 24.9 Å². The molecule has 0 aliphatic heterocycles. The zero-order valence-corrected chi connectivity index (χ0v) is 18.0. The van der Waals surface area contributed by atoms with Crippen LogP contribution < -0.4 is 0 Å². The Hall–Kier alpha value is -2.12. The van der Waals surface area contributed by atoms with Gasteiger partial charge in [-0.3, -0.25) is 0 Å². The average Bonchev–Trinajstić information content (AvgIpc) is 2.78. The van der Waals surface area contributed by atoms with E-state index < -0.39 is 0 Å². The van der Waals surface area contributed by atoms with Gasteiger partial charge in [-0.2, -0.15) is 0 Å². The minimum absolute atomic E-state index is 0.671. The lowest BCUT2D eigenvalue weighted by molar-refractivity contribution is 0.125. The second kappa shape index (κ2) is 11.8. The maximum absolute atomic E-state index is 5.65. The lowest BCUT2D eigenvalue weighted by atomic mass is 9.77. The van der Waals surface area contributed by atoms with Crippen LogP contribution in [0, 0.1) is 5.92 Å². The molecule has 2 aromatic carbocycles. The number of hydrogen-bond acceptors (Lipinski definition) is 1. The Balaban J connectivity index is 1.50. The maximum atomic E-state index is 5.65. The van der Waals surface area contributed by atoms with E-state index in [0.29, 0.717) is 6.61 Å². The van der Waals surface area contributed by atoms with Crippen molar-refractivity contribution in [2.45, 2.75) is 64.4 Å². The van der Waals surface area contributed by atoms with Crippen molar-refractivity contribution in [2.75, 3.05) is 6.61 Å². The van der Waals surface area contributed by atoms with Crippen LogP contribution in [0.4, 0.5) is 0 Å². The van der Waals surface area contributed by atoms with Gasteiger partial charge in [-0.05, 0) is 86.0 Å². The van der Waals surface area contributed by atoms with Crippen LogP contribution in [0.15, 0.2) is 73.3 Å². The van der Waals surface area contributed by atoms with E-state index in [9.17, 15) is 0 Å². The molecule has 1 saturated carbocycles. The first-order chi connectivity index (χ1) is 14.3. The fraction of sp³-hybridized carbons (Fsp3) is 0.429. The highest BCUT2D eigenvalue weighted by Crippen LogP contribution is 2.38. The lowest BCUT2D eigenvalue weighted by Crippen LogP contribution is -2.13. The average molecular weight is 389 g/mol. The molecule has 0 amide bonds. The molecule has 1 fully saturated rings. The molecule has 1 nitrogen and oxygen atoms in total. The van der Waals surface area contributed by atoms with E-state index >= 15 is 0 Å². The summed E-state index contributed by atoms with van der Waals surface area (Å²) in [7, 11) is 0. The second-order valence-corrected chi connectivity index (χ2v) is 8.31. The SMILES string of the molecule is C=CCCOCc1ccc(-c2ccc(C3CCC(CC/C=C/C)CC3)cc2)cc1. The molecule has 0 saturated heterocycles. The van der Waals surface area contributed by atoms with Crippen LogP contribution in [0.5, 0.6) is 0 Å². The molecule has 1 aliphatic carbocycles. The molecule has 0 unspecified atom stereocenters. The summed E-state index contributed by atoms with van der Waals surface area (Å²) in [6, 6.07) is 18.1. The van der Waals surface area contributed by atoms with Crippen LogP contribution in [-0.4, -0.2) is 6.61 Å². The van der Waals surface area contributed by atoms with Crippen molar-refractivity contribution in [1.29, 1.82) is 0 Å². The van der Waals surface area contributed by atoms with E-state index in [1.807, 2.05) is 6.08 Å². The maximum Gasteiger partial charge on any atom is 0.0717 e. The molecule has 1 aliphatic rings. The zero-order valence-electron chi connectivity index (χ0n) is 18.0. The summed E-state index contributed by atoms with van der Waals surface area (Å²) >= 11 is 0. The van der Waals surface area contributed by atoms with Crippen molar-refractivity contribution in [1.82, 2.24) is 0 Å². The number of ether oxygens (including phenoxy) is 1. The molecule has 0 heterocycles. The first kappa shape index (κ1) is 21.6. The van der Waals surface area contributed by atoms with E-state index in [4.69, 9.17) is 4.74 Å². The van der Waals surface area contributed by atoms with Gasteiger partial charge in [0.2, 0.25) is 0 Å². The highest BCUT2D eigenvalue weighted by molar-refractivity contribution is 5.64. The van der Waals surface area contributed by atoms with Crippen LogP contribution in [0.1, 0.15) is 68.9 Å². The van der Waals surface area contributed by atoms with Crippen LogP contribution >= 0.6 is 0 Å². The molecule has 154 valence electrons. The smallest absolute Gasteiger partial charge is 0.0717 e. The molecule has 0 radical (unpaired) electrons. The summed E-state index contributed by atoms with van der Waals surface area (Å²) < 4.78 is 5.65. The van der Waals surface area contributed by atoms with Crippen LogP contribution in [0.25, 0.3) is 11.1 Å².